The first-order valence-corrected chi connectivity index (χ1v) is 7.53. The summed E-state index contributed by atoms with van der Waals surface area (Å²) < 4.78 is 19.0. The summed E-state index contributed by atoms with van der Waals surface area (Å²) >= 11 is 5.68. The van der Waals surface area contributed by atoms with Crippen molar-refractivity contribution >= 4 is 34.7 Å². The first kappa shape index (κ1) is 17.9. The molecule has 8 heteroatoms. The van der Waals surface area contributed by atoms with Gasteiger partial charge >= 0.3 is 0 Å². The van der Waals surface area contributed by atoms with Gasteiger partial charge in [-0.25, -0.2) is 9.37 Å². The lowest BCUT2D eigenvalue weighted by atomic mass is 9.95. The second-order valence-electron chi connectivity index (χ2n) is 6.08. The molecule has 1 aromatic heterocycles. The van der Waals surface area contributed by atoms with Gasteiger partial charge in [0.1, 0.15) is 5.75 Å². The number of nitrogens with zero attached hydrogens (tertiary/aromatic N) is 2. The molecular formula is C16H18ClFN4O2. The second-order valence-corrected chi connectivity index (χ2v) is 6.42. The molecule has 128 valence electrons. The number of hydrogen-bond donors (Lipinski definition) is 2. The number of hydrogen-bond acceptors (Lipinski definition) is 5. The first-order valence-electron chi connectivity index (χ1n) is 7.15. The Morgan fingerprint density at radius 1 is 1.33 bits per heavy atom. The van der Waals surface area contributed by atoms with E-state index in [1.54, 1.807) is 39.0 Å². The molecule has 2 rings (SSSR count). The number of amides is 1. The molecule has 0 radical (unpaired) electrons. The SMILES string of the molecule is COc1ccc(Nc2nc(Cl)ncc2F)cc1NC(=O)C(C)(C)C. The minimum Gasteiger partial charge on any atom is -0.495 e. The number of nitrogens with one attached hydrogen (secondary N) is 2. The summed E-state index contributed by atoms with van der Waals surface area (Å²) in [6.07, 6.45) is 0.976. The van der Waals surface area contributed by atoms with Crippen LogP contribution in [0.25, 0.3) is 0 Å². The van der Waals surface area contributed by atoms with Crippen molar-refractivity contribution in [3.8, 4) is 5.75 Å². The van der Waals surface area contributed by atoms with Gasteiger partial charge < -0.3 is 15.4 Å². The second kappa shape index (κ2) is 7.00. The Hall–Kier alpha value is -2.41. The van der Waals surface area contributed by atoms with Crippen LogP contribution in [0.4, 0.5) is 21.6 Å². The molecule has 6 nitrogen and oxygen atoms in total. The smallest absolute Gasteiger partial charge is 0.229 e. The van der Waals surface area contributed by atoms with Gasteiger partial charge in [0.15, 0.2) is 11.6 Å². The lowest BCUT2D eigenvalue weighted by Gasteiger charge is -2.19. The maximum absolute atomic E-state index is 13.7. The molecule has 24 heavy (non-hydrogen) atoms. The van der Waals surface area contributed by atoms with Gasteiger partial charge in [0.25, 0.3) is 0 Å². The van der Waals surface area contributed by atoms with Crippen molar-refractivity contribution in [1.82, 2.24) is 9.97 Å². The van der Waals surface area contributed by atoms with Gasteiger partial charge in [-0.1, -0.05) is 20.8 Å². The summed E-state index contributed by atoms with van der Waals surface area (Å²) in [5, 5.41) is 5.52. The third kappa shape index (κ3) is 4.32. The quantitative estimate of drug-likeness (QED) is 0.813. The maximum atomic E-state index is 13.7. The van der Waals surface area contributed by atoms with E-state index < -0.39 is 11.2 Å². The van der Waals surface area contributed by atoms with Crippen molar-refractivity contribution < 1.29 is 13.9 Å². The van der Waals surface area contributed by atoms with E-state index in [2.05, 4.69) is 20.6 Å². The number of aromatic nitrogens is 2. The summed E-state index contributed by atoms with van der Waals surface area (Å²) in [6.45, 7) is 5.40. The van der Waals surface area contributed by atoms with Gasteiger partial charge in [-0.2, -0.15) is 4.98 Å². The minimum atomic E-state index is -0.643. The third-order valence-electron chi connectivity index (χ3n) is 3.11. The number of halogens is 2. The molecule has 0 fully saturated rings. The number of rotatable bonds is 4. The van der Waals surface area contributed by atoms with Crippen LogP contribution in [0.15, 0.2) is 24.4 Å². The lowest BCUT2D eigenvalue weighted by Crippen LogP contribution is -2.27. The molecule has 2 N–H and O–H groups in total. The summed E-state index contributed by atoms with van der Waals surface area (Å²) in [7, 11) is 1.50. The molecule has 0 bridgehead atoms. The average Bonchev–Trinajstić information content (AvgIpc) is 2.50. The zero-order chi connectivity index (χ0) is 17.9. The summed E-state index contributed by atoms with van der Waals surface area (Å²) in [6, 6.07) is 4.94. The molecule has 0 atom stereocenters. The summed E-state index contributed by atoms with van der Waals surface area (Å²) in [4.78, 5) is 19.5. The van der Waals surface area contributed by atoms with Gasteiger partial charge in [-0.15, -0.1) is 0 Å². The molecule has 1 aromatic carbocycles. The van der Waals surface area contributed by atoms with Crippen LogP contribution >= 0.6 is 11.6 Å². The van der Waals surface area contributed by atoms with Crippen molar-refractivity contribution in [3.63, 3.8) is 0 Å². The average molecular weight is 353 g/mol. The Kier molecular flexibility index (Phi) is 5.23. The Morgan fingerprint density at radius 3 is 2.67 bits per heavy atom. The van der Waals surface area contributed by atoms with Crippen LogP contribution < -0.4 is 15.4 Å². The van der Waals surface area contributed by atoms with Gasteiger partial charge in [-0.3, -0.25) is 4.79 Å². The van der Waals surface area contributed by atoms with Gasteiger partial charge in [0.05, 0.1) is 19.0 Å². The van der Waals surface area contributed by atoms with Gasteiger partial charge in [-0.05, 0) is 29.8 Å². The molecule has 1 heterocycles. The van der Waals surface area contributed by atoms with Gasteiger partial charge in [0, 0.05) is 11.1 Å². The normalized spacial score (nSPS) is 11.1. The number of carbonyl (C=O) groups is 1. The highest BCUT2D eigenvalue weighted by atomic mass is 35.5. The van der Waals surface area contributed by atoms with E-state index >= 15 is 0 Å². The van der Waals surface area contributed by atoms with E-state index in [4.69, 9.17) is 16.3 Å². The molecule has 1 amide bonds. The van der Waals surface area contributed by atoms with Crippen molar-refractivity contribution in [1.29, 1.82) is 0 Å². The molecule has 2 aromatic rings. The fraction of sp³-hybridized carbons (Fsp3) is 0.312. The first-order chi connectivity index (χ1) is 11.2. The minimum absolute atomic E-state index is 0.0618. The van der Waals surface area contributed by atoms with E-state index in [0.717, 1.165) is 6.20 Å². The van der Waals surface area contributed by atoms with E-state index in [0.29, 0.717) is 17.1 Å². The topological polar surface area (TPSA) is 76.1 Å². The zero-order valence-electron chi connectivity index (χ0n) is 13.8. The molecular weight excluding hydrogens is 335 g/mol. The standard InChI is InChI=1S/C16H18ClFN4O2/c1-16(2,3)14(23)21-11-7-9(5-6-12(11)24-4)20-13-10(18)8-19-15(17)22-13/h5-8H,1-4H3,(H,21,23)(H,19,20,22). The number of benzene rings is 1. The molecule has 0 aliphatic carbocycles. The fourth-order valence-corrected chi connectivity index (χ4v) is 1.90. The fourth-order valence-electron chi connectivity index (χ4n) is 1.76. The van der Waals surface area contributed by atoms with Crippen molar-refractivity contribution in [2.45, 2.75) is 20.8 Å². The van der Waals surface area contributed by atoms with Crippen molar-refractivity contribution in [3.05, 3.63) is 35.5 Å². The highest BCUT2D eigenvalue weighted by Gasteiger charge is 2.22. The third-order valence-corrected chi connectivity index (χ3v) is 3.29. The van der Waals surface area contributed by atoms with Crippen LogP contribution in [-0.4, -0.2) is 23.0 Å². The summed E-state index contributed by atoms with van der Waals surface area (Å²) in [5.41, 5.74) is 0.400. The highest BCUT2D eigenvalue weighted by molar-refractivity contribution is 6.28. The van der Waals surface area contributed by atoms with E-state index in [1.807, 2.05) is 0 Å². The van der Waals surface area contributed by atoms with Crippen LogP contribution in [-0.2, 0) is 4.79 Å². The molecule has 0 aliphatic rings. The monoisotopic (exact) mass is 352 g/mol. The van der Waals surface area contributed by atoms with E-state index in [1.165, 1.54) is 7.11 Å². The Balaban J connectivity index is 2.31. The zero-order valence-corrected chi connectivity index (χ0v) is 14.5. The van der Waals surface area contributed by atoms with Crippen molar-refractivity contribution in [2.24, 2.45) is 5.41 Å². The predicted molar refractivity (Wildman–Crippen MR) is 91.4 cm³/mol. The van der Waals surface area contributed by atoms with Gasteiger partial charge in [0.2, 0.25) is 11.2 Å². The molecule has 0 aliphatic heterocycles. The molecule has 0 saturated heterocycles. The molecule has 0 saturated carbocycles. The number of ether oxygens (including phenoxy) is 1. The van der Waals surface area contributed by atoms with Crippen LogP contribution in [0.5, 0.6) is 5.75 Å². The lowest BCUT2D eigenvalue weighted by molar-refractivity contribution is -0.123. The highest BCUT2D eigenvalue weighted by Crippen LogP contribution is 2.31. The largest absolute Gasteiger partial charge is 0.495 e. The van der Waals surface area contributed by atoms with Crippen molar-refractivity contribution in [2.75, 3.05) is 17.7 Å². The number of anilines is 3. The van der Waals surface area contributed by atoms with E-state index in [-0.39, 0.29) is 17.0 Å². The molecule has 0 spiro atoms. The molecule has 0 unspecified atom stereocenters. The van der Waals surface area contributed by atoms with Crippen LogP contribution in [0, 0.1) is 11.2 Å². The number of carbonyl (C=O) groups excluding carboxylic acids is 1. The van der Waals surface area contributed by atoms with Crippen LogP contribution in [0.1, 0.15) is 20.8 Å². The summed E-state index contributed by atoms with van der Waals surface area (Å²) in [5.74, 6) is -0.391. The Morgan fingerprint density at radius 2 is 2.04 bits per heavy atom. The van der Waals surface area contributed by atoms with E-state index in [9.17, 15) is 9.18 Å². The van der Waals surface area contributed by atoms with Crippen LogP contribution in [0.2, 0.25) is 5.28 Å². The predicted octanol–water partition coefficient (Wildman–Crippen LogP) is 4.01. The Labute approximate surface area is 144 Å². The number of methoxy groups -OCH3 is 1. The van der Waals surface area contributed by atoms with Crippen LogP contribution in [0.3, 0.4) is 0 Å². The Bertz CT molecular complexity index is 762. The maximum Gasteiger partial charge on any atom is 0.229 e.